The van der Waals surface area contributed by atoms with E-state index in [0.29, 0.717) is 0 Å². The van der Waals surface area contributed by atoms with E-state index in [-0.39, 0.29) is 0 Å². The van der Waals surface area contributed by atoms with Crippen LogP contribution >= 0.6 is 0 Å². The molecule has 2 fully saturated rings. The summed E-state index contributed by atoms with van der Waals surface area (Å²) in [4.78, 5) is 12.8. The summed E-state index contributed by atoms with van der Waals surface area (Å²) < 4.78 is 27.7. The maximum atomic E-state index is 12.8. The van der Waals surface area contributed by atoms with Crippen molar-refractivity contribution in [1.82, 2.24) is 0 Å². The minimum atomic E-state index is -1.77. The van der Waals surface area contributed by atoms with E-state index < -0.39 is 91.6 Å². The lowest BCUT2D eigenvalue weighted by molar-refractivity contribution is -0.352. The normalized spacial score (nSPS) is 51.9. The van der Waals surface area contributed by atoms with Crippen molar-refractivity contribution in [2.24, 2.45) is 5.92 Å². The van der Waals surface area contributed by atoms with Gasteiger partial charge >= 0.3 is 0 Å². The summed E-state index contributed by atoms with van der Waals surface area (Å²) in [6.45, 7) is 0.805. The fourth-order valence-corrected chi connectivity index (χ4v) is 4.32. The van der Waals surface area contributed by atoms with Crippen molar-refractivity contribution in [2.45, 2.75) is 80.2 Å². The number of hydrogen-bond donors (Lipinski definition) is 7. The fraction of sp³-hybridized carbons (Fsp3) is 0.750. The molecule has 0 aromatic heterocycles. The number of aliphatic hydroxyl groups is 7. The molecule has 3 aliphatic heterocycles. The van der Waals surface area contributed by atoms with E-state index in [0.717, 1.165) is 6.26 Å². The van der Waals surface area contributed by atoms with Crippen molar-refractivity contribution >= 4 is 5.78 Å². The van der Waals surface area contributed by atoms with Gasteiger partial charge in [-0.05, 0) is 19.1 Å². The van der Waals surface area contributed by atoms with Crippen molar-refractivity contribution in [1.29, 1.82) is 0 Å². The number of carbonyl (C=O) groups is 1. The monoisotopic (exact) mass is 476 g/mol. The molecule has 4 rings (SSSR count). The highest BCUT2D eigenvalue weighted by Crippen LogP contribution is 2.42. The van der Waals surface area contributed by atoms with Gasteiger partial charge in [-0.2, -0.15) is 0 Å². The fourth-order valence-electron chi connectivity index (χ4n) is 4.32. The molecule has 13 heteroatoms. The van der Waals surface area contributed by atoms with Crippen LogP contribution in [-0.2, 0) is 28.5 Å². The highest BCUT2D eigenvalue weighted by molar-refractivity contribution is 6.02. The molecular weight excluding hydrogens is 448 g/mol. The van der Waals surface area contributed by atoms with Crippen LogP contribution in [0.15, 0.2) is 24.5 Å². The first-order valence-electron chi connectivity index (χ1n) is 10.5. The van der Waals surface area contributed by atoms with Gasteiger partial charge < -0.3 is 59.4 Å². The third kappa shape index (κ3) is 4.13. The Bertz CT molecular complexity index is 786. The number of fused-ring (bicyclic) bond motifs is 1. The van der Waals surface area contributed by atoms with Crippen molar-refractivity contribution in [3.05, 3.63) is 24.5 Å². The number of rotatable bonds is 5. The first-order chi connectivity index (χ1) is 15.6. The average molecular weight is 476 g/mol. The quantitative estimate of drug-likeness (QED) is 0.202. The number of aliphatic hydroxyl groups excluding tert-OH is 7. The van der Waals surface area contributed by atoms with Crippen molar-refractivity contribution < 1.29 is 64.2 Å². The highest BCUT2D eigenvalue weighted by Gasteiger charge is 2.58. The first kappa shape index (κ1) is 24.6. The van der Waals surface area contributed by atoms with Gasteiger partial charge in [0, 0.05) is 0 Å². The van der Waals surface area contributed by atoms with Crippen LogP contribution in [0.4, 0.5) is 0 Å². The zero-order chi connectivity index (χ0) is 24.1. The van der Waals surface area contributed by atoms with Crippen LogP contribution in [0.2, 0.25) is 0 Å². The summed E-state index contributed by atoms with van der Waals surface area (Å²) >= 11 is 0. The Hall–Kier alpha value is -1.49. The Balaban J connectivity index is 1.54. The number of ether oxygens (including phenoxy) is 5. The molecule has 33 heavy (non-hydrogen) atoms. The molecule has 13 nitrogen and oxygen atoms in total. The third-order valence-corrected chi connectivity index (χ3v) is 6.39. The maximum absolute atomic E-state index is 12.8. The second-order valence-corrected chi connectivity index (χ2v) is 8.48. The molecule has 2 saturated heterocycles. The van der Waals surface area contributed by atoms with Crippen LogP contribution in [0, 0.1) is 5.92 Å². The van der Waals surface area contributed by atoms with E-state index >= 15 is 0 Å². The molecule has 0 saturated carbocycles. The van der Waals surface area contributed by atoms with Crippen molar-refractivity contribution in [3.8, 4) is 0 Å². The SMILES string of the molecule is C[C@@H]1O[C@@H](OC23C=COC(O[C@@H]4O[C@H](CO)[C@@H](O)[C@H](O)[C@H]4O)C2C=CC3=O)[C@H](O)[C@H](O)[C@H]1O. The second kappa shape index (κ2) is 9.28. The minimum absolute atomic E-state index is 0.543. The van der Waals surface area contributed by atoms with E-state index in [1.807, 2.05) is 0 Å². The van der Waals surface area contributed by atoms with Crippen molar-refractivity contribution in [2.75, 3.05) is 6.61 Å². The molecule has 0 amide bonds. The van der Waals surface area contributed by atoms with Crippen molar-refractivity contribution in [3.63, 3.8) is 0 Å². The van der Waals surface area contributed by atoms with Crippen LogP contribution in [0.3, 0.4) is 0 Å². The summed E-state index contributed by atoms with van der Waals surface area (Å²) in [5, 5.41) is 69.8. The van der Waals surface area contributed by atoms with E-state index in [9.17, 15) is 40.5 Å². The van der Waals surface area contributed by atoms with E-state index in [2.05, 4.69) is 0 Å². The van der Waals surface area contributed by atoms with Gasteiger partial charge in [0.1, 0.15) is 42.7 Å². The lowest BCUT2D eigenvalue weighted by atomic mass is 9.86. The number of ketones is 1. The van der Waals surface area contributed by atoms with Crippen LogP contribution in [0.25, 0.3) is 0 Å². The Labute approximate surface area is 188 Å². The standard InChI is InChI=1S/C20H28O13/c1-7-11(23)13(25)16(28)19(30-7)33-20-4-5-29-17(8(20)2-3-10(20)22)32-18-15(27)14(26)12(24)9(6-21)31-18/h2-5,7-9,11-19,21,23-28H,6H2,1H3/t7-,8?,9+,11-,12+,13+,14-,15+,16+,17?,18-,19-,20?/m0/s1. The van der Waals surface area contributed by atoms with Gasteiger partial charge in [-0.25, -0.2) is 0 Å². The average Bonchev–Trinajstić information content (AvgIpc) is 3.13. The molecular formula is C20H28O13. The van der Waals surface area contributed by atoms with Gasteiger partial charge in [-0.15, -0.1) is 0 Å². The predicted octanol–water partition coefficient (Wildman–Crippen LogP) is -3.99. The highest BCUT2D eigenvalue weighted by atomic mass is 16.8. The van der Waals surface area contributed by atoms with Gasteiger partial charge in [0.05, 0.1) is 24.9 Å². The lowest BCUT2D eigenvalue weighted by Gasteiger charge is -2.46. The van der Waals surface area contributed by atoms with E-state index in [4.69, 9.17) is 23.7 Å². The number of hydrogen-bond acceptors (Lipinski definition) is 13. The molecule has 186 valence electrons. The lowest BCUT2D eigenvalue weighted by Crippen LogP contribution is -2.63. The largest absolute Gasteiger partial charge is 0.472 e. The Kier molecular flexibility index (Phi) is 6.93. The van der Waals surface area contributed by atoms with Gasteiger partial charge in [-0.3, -0.25) is 4.79 Å². The topological polar surface area (TPSA) is 205 Å². The van der Waals surface area contributed by atoms with Gasteiger partial charge in [0.2, 0.25) is 6.29 Å². The van der Waals surface area contributed by atoms with E-state index in [1.54, 1.807) is 0 Å². The summed E-state index contributed by atoms with van der Waals surface area (Å²) in [6.07, 6.45) is -11.0. The van der Waals surface area contributed by atoms with Gasteiger partial charge in [0.15, 0.2) is 24.0 Å². The first-order valence-corrected chi connectivity index (χ1v) is 10.5. The van der Waals surface area contributed by atoms with Crippen LogP contribution in [0.1, 0.15) is 6.92 Å². The Morgan fingerprint density at radius 2 is 1.58 bits per heavy atom. The summed E-state index contributed by atoms with van der Waals surface area (Å²) in [5.41, 5.74) is -1.77. The Morgan fingerprint density at radius 1 is 0.909 bits per heavy atom. The minimum Gasteiger partial charge on any atom is -0.472 e. The smallest absolute Gasteiger partial charge is 0.211 e. The predicted molar refractivity (Wildman–Crippen MR) is 103 cm³/mol. The third-order valence-electron chi connectivity index (χ3n) is 6.39. The zero-order valence-corrected chi connectivity index (χ0v) is 17.5. The van der Waals surface area contributed by atoms with Crippen LogP contribution in [-0.4, -0.2) is 121 Å². The maximum Gasteiger partial charge on any atom is 0.211 e. The molecule has 3 unspecified atom stereocenters. The van der Waals surface area contributed by atoms with Crippen LogP contribution < -0.4 is 0 Å². The molecule has 3 heterocycles. The molecule has 7 N–H and O–H groups in total. The molecule has 0 aromatic carbocycles. The summed E-state index contributed by atoms with van der Waals surface area (Å²) in [6, 6.07) is 0. The molecule has 4 aliphatic rings. The molecule has 13 atom stereocenters. The van der Waals surface area contributed by atoms with E-state index in [1.165, 1.54) is 25.2 Å². The molecule has 1 aliphatic carbocycles. The molecule has 0 spiro atoms. The van der Waals surface area contributed by atoms with Crippen LogP contribution in [0.5, 0.6) is 0 Å². The molecule has 0 bridgehead atoms. The molecule has 0 radical (unpaired) electrons. The Morgan fingerprint density at radius 3 is 2.27 bits per heavy atom. The zero-order valence-electron chi connectivity index (χ0n) is 17.5. The summed E-state index contributed by atoms with van der Waals surface area (Å²) in [5.74, 6) is -1.52. The number of carbonyl (C=O) groups excluding carboxylic acids is 1. The second-order valence-electron chi connectivity index (χ2n) is 8.48. The van der Waals surface area contributed by atoms with Gasteiger partial charge in [-0.1, -0.05) is 6.08 Å². The molecule has 0 aromatic rings. The van der Waals surface area contributed by atoms with Gasteiger partial charge in [0.25, 0.3) is 0 Å². The summed E-state index contributed by atoms with van der Waals surface area (Å²) in [7, 11) is 0.